The largest absolute Gasteiger partial charge is 0.493 e. The van der Waals surface area contributed by atoms with E-state index in [1.54, 1.807) is 43.3 Å². The summed E-state index contributed by atoms with van der Waals surface area (Å²) in [5.74, 6) is -1.15. The zero-order valence-corrected chi connectivity index (χ0v) is 20.4. The number of aryl methyl sites for hydroxylation is 1. The van der Waals surface area contributed by atoms with Crippen LogP contribution in [0.15, 0.2) is 65.7 Å². The van der Waals surface area contributed by atoms with E-state index < -0.39 is 29.6 Å². The third kappa shape index (κ3) is 7.48. The Morgan fingerprint density at radius 1 is 1.11 bits per heavy atom. The number of benzene rings is 2. The van der Waals surface area contributed by atoms with Gasteiger partial charge in [-0.15, -0.1) is 11.8 Å². The van der Waals surface area contributed by atoms with E-state index in [-0.39, 0.29) is 29.4 Å². The highest BCUT2D eigenvalue weighted by Gasteiger charge is 2.33. The van der Waals surface area contributed by atoms with Crippen molar-refractivity contribution in [2.45, 2.75) is 37.4 Å². The first kappa shape index (κ1) is 27.1. The van der Waals surface area contributed by atoms with Crippen LogP contribution < -0.4 is 9.47 Å². The molecule has 190 valence electrons. The lowest BCUT2D eigenvalue weighted by Crippen LogP contribution is -2.19. The fourth-order valence-electron chi connectivity index (χ4n) is 3.21. The minimum Gasteiger partial charge on any atom is -0.493 e. The van der Waals surface area contributed by atoms with E-state index in [1.807, 2.05) is 6.92 Å². The smallest absolute Gasteiger partial charge is 0.417 e. The number of carbonyl (C=O) groups is 2. The van der Waals surface area contributed by atoms with Crippen LogP contribution in [-0.4, -0.2) is 40.3 Å². The molecule has 0 fully saturated rings. The molecular weight excluding hydrogens is 495 g/mol. The van der Waals surface area contributed by atoms with Gasteiger partial charge in [-0.1, -0.05) is 30.3 Å². The number of aliphatic carboxylic acids is 1. The van der Waals surface area contributed by atoms with Crippen molar-refractivity contribution in [3.63, 3.8) is 0 Å². The number of hydrogen-bond donors (Lipinski definition) is 1. The number of halogens is 3. The molecule has 6 nitrogen and oxygen atoms in total. The number of nitrogens with zero attached hydrogens (tertiary/aromatic N) is 1. The van der Waals surface area contributed by atoms with Gasteiger partial charge in [-0.25, -0.2) is 4.98 Å². The first-order chi connectivity index (χ1) is 17.0. The molecule has 0 aliphatic rings. The molecule has 0 saturated carbocycles. The van der Waals surface area contributed by atoms with Crippen molar-refractivity contribution in [2.75, 3.05) is 12.4 Å². The molecule has 0 bridgehead atoms. The average molecular weight is 520 g/mol. The number of rotatable bonds is 11. The Bertz CT molecular complexity index is 1220. The molecule has 0 spiro atoms. The van der Waals surface area contributed by atoms with Gasteiger partial charge in [0.15, 0.2) is 5.78 Å². The van der Waals surface area contributed by atoms with Crippen molar-refractivity contribution in [2.24, 2.45) is 0 Å². The highest BCUT2D eigenvalue weighted by Crippen LogP contribution is 2.32. The summed E-state index contributed by atoms with van der Waals surface area (Å²) >= 11 is 1.22. The third-order valence-electron chi connectivity index (χ3n) is 5.06. The van der Waals surface area contributed by atoms with Gasteiger partial charge in [-0.3, -0.25) is 9.59 Å². The second-order valence-corrected chi connectivity index (χ2v) is 8.96. The first-order valence-corrected chi connectivity index (χ1v) is 11.9. The van der Waals surface area contributed by atoms with Crippen molar-refractivity contribution >= 4 is 23.5 Å². The number of pyridine rings is 1. The predicted octanol–water partition coefficient (Wildman–Crippen LogP) is 6.05. The molecule has 3 aromatic rings. The summed E-state index contributed by atoms with van der Waals surface area (Å²) in [6.07, 6.45) is -4.15. The van der Waals surface area contributed by atoms with Crippen LogP contribution in [0.3, 0.4) is 0 Å². The summed E-state index contributed by atoms with van der Waals surface area (Å²) in [6.45, 7) is 3.80. The summed E-state index contributed by atoms with van der Waals surface area (Å²) in [4.78, 5) is 28.3. The molecule has 0 aliphatic carbocycles. The standard InChI is InChI=1S/C26H24F3NO5S/c1-16-12-20(8-9-22(16)36-15-23(31)32)34-11-10-17(2)35-25-21(13-19(14-30-25)26(27,28)29)24(33)18-6-4-3-5-7-18/h3-9,12-14,17H,10-11,15H2,1-2H3,(H,31,32)/t17-/m0/s1. The summed E-state index contributed by atoms with van der Waals surface area (Å²) in [6, 6.07) is 14.0. The molecule has 3 rings (SSSR count). The first-order valence-electron chi connectivity index (χ1n) is 11.0. The maximum Gasteiger partial charge on any atom is 0.417 e. The van der Waals surface area contributed by atoms with Crippen LogP contribution in [0.5, 0.6) is 11.6 Å². The SMILES string of the molecule is Cc1cc(OCC[C@H](C)Oc2ncc(C(F)(F)F)cc2C(=O)c2ccccc2)ccc1SCC(=O)O. The van der Waals surface area contributed by atoms with Gasteiger partial charge in [0, 0.05) is 23.1 Å². The number of carboxylic acid groups (broad SMARTS) is 1. The van der Waals surface area contributed by atoms with E-state index in [9.17, 15) is 22.8 Å². The molecule has 0 radical (unpaired) electrons. The Morgan fingerprint density at radius 2 is 1.83 bits per heavy atom. The summed E-state index contributed by atoms with van der Waals surface area (Å²) < 4.78 is 51.3. The summed E-state index contributed by atoms with van der Waals surface area (Å²) in [7, 11) is 0. The Kier molecular flexibility index (Phi) is 8.98. The van der Waals surface area contributed by atoms with E-state index >= 15 is 0 Å². The Morgan fingerprint density at radius 3 is 2.47 bits per heavy atom. The molecule has 0 unspecified atom stereocenters. The number of carbonyl (C=O) groups excluding carboxylic acids is 1. The Labute approximate surface area is 210 Å². The number of aromatic nitrogens is 1. The van der Waals surface area contributed by atoms with Gasteiger partial charge in [0.05, 0.1) is 23.5 Å². The summed E-state index contributed by atoms with van der Waals surface area (Å²) in [5.41, 5.74) is -0.208. The fourth-order valence-corrected chi connectivity index (χ4v) is 3.94. The van der Waals surface area contributed by atoms with E-state index in [0.717, 1.165) is 16.5 Å². The maximum atomic E-state index is 13.3. The highest BCUT2D eigenvalue weighted by molar-refractivity contribution is 8.00. The van der Waals surface area contributed by atoms with Gasteiger partial charge in [-0.2, -0.15) is 13.2 Å². The van der Waals surface area contributed by atoms with Crippen LogP contribution in [0.25, 0.3) is 0 Å². The van der Waals surface area contributed by atoms with Crippen LogP contribution >= 0.6 is 11.8 Å². The van der Waals surface area contributed by atoms with Crippen LogP contribution in [0.4, 0.5) is 13.2 Å². The lowest BCUT2D eigenvalue weighted by Gasteiger charge is -2.18. The number of ether oxygens (including phenoxy) is 2. The van der Waals surface area contributed by atoms with Crippen molar-refractivity contribution in [1.29, 1.82) is 0 Å². The quantitative estimate of drug-likeness (QED) is 0.244. The normalized spacial score (nSPS) is 12.1. The van der Waals surface area contributed by atoms with Crippen LogP contribution in [-0.2, 0) is 11.0 Å². The fraction of sp³-hybridized carbons (Fsp3) is 0.269. The third-order valence-corrected chi connectivity index (χ3v) is 6.22. The molecule has 1 heterocycles. The van der Waals surface area contributed by atoms with Crippen molar-refractivity contribution in [3.8, 4) is 11.6 Å². The minimum atomic E-state index is -4.66. The molecule has 2 aromatic carbocycles. The van der Waals surface area contributed by atoms with Gasteiger partial charge in [0.2, 0.25) is 5.88 Å². The lowest BCUT2D eigenvalue weighted by molar-refractivity contribution is -0.138. The molecule has 0 saturated heterocycles. The van der Waals surface area contributed by atoms with Gasteiger partial charge >= 0.3 is 12.1 Å². The Balaban J connectivity index is 1.66. The topological polar surface area (TPSA) is 85.7 Å². The molecule has 1 atom stereocenters. The van der Waals surface area contributed by atoms with Crippen LogP contribution in [0.1, 0.15) is 40.4 Å². The molecule has 36 heavy (non-hydrogen) atoms. The number of thioether (sulfide) groups is 1. The molecule has 1 N–H and O–H groups in total. The number of carboxylic acids is 1. The molecular formula is C26H24F3NO5S. The Hall–Kier alpha value is -3.53. The van der Waals surface area contributed by atoms with Gasteiger partial charge < -0.3 is 14.6 Å². The van der Waals surface area contributed by atoms with Gasteiger partial charge in [0.1, 0.15) is 11.9 Å². The number of ketones is 1. The van der Waals surface area contributed by atoms with E-state index in [0.29, 0.717) is 18.4 Å². The van der Waals surface area contributed by atoms with E-state index in [1.165, 1.54) is 23.9 Å². The monoisotopic (exact) mass is 519 g/mol. The molecule has 0 aliphatic heterocycles. The van der Waals surface area contributed by atoms with E-state index in [4.69, 9.17) is 14.6 Å². The molecule has 0 amide bonds. The maximum absolute atomic E-state index is 13.3. The van der Waals surface area contributed by atoms with Gasteiger partial charge in [0.25, 0.3) is 0 Å². The second kappa shape index (κ2) is 11.9. The molecule has 10 heteroatoms. The van der Waals surface area contributed by atoms with Crippen LogP contribution in [0, 0.1) is 6.92 Å². The van der Waals surface area contributed by atoms with Crippen molar-refractivity contribution < 1.29 is 37.3 Å². The lowest BCUT2D eigenvalue weighted by atomic mass is 10.0. The molecule has 1 aromatic heterocycles. The summed E-state index contributed by atoms with van der Waals surface area (Å²) in [5, 5.41) is 8.82. The van der Waals surface area contributed by atoms with Crippen molar-refractivity contribution in [1.82, 2.24) is 4.98 Å². The number of alkyl halides is 3. The van der Waals surface area contributed by atoms with E-state index in [2.05, 4.69) is 4.98 Å². The minimum absolute atomic E-state index is 0.0390. The zero-order chi connectivity index (χ0) is 26.3. The highest BCUT2D eigenvalue weighted by atomic mass is 32.2. The van der Waals surface area contributed by atoms with Gasteiger partial charge in [-0.05, 0) is 43.7 Å². The van der Waals surface area contributed by atoms with Crippen molar-refractivity contribution in [3.05, 3.63) is 83.0 Å². The number of hydrogen-bond acceptors (Lipinski definition) is 6. The zero-order valence-electron chi connectivity index (χ0n) is 19.5. The average Bonchev–Trinajstić information content (AvgIpc) is 2.83. The van der Waals surface area contributed by atoms with Crippen LogP contribution in [0.2, 0.25) is 0 Å². The second-order valence-electron chi connectivity index (χ2n) is 7.94. The predicted molar refractivity (Wildman–Crippen MR) is 129 cm³/mol.